The van der Waals surface area contributed by atoms with E-state index in [1.807, 2.05) is 25.1 Å². The Bertz CT molecular complexity index is 731. The van der Waals surface area contributed by atoms with Crippen molar-refractivity contribution < 1.29 is 14.8 Å². The molecule has 0 aromatic heterocycles. The molecular formula is C14H11IN2O4. The number of nitrogens with one attached hydrogen (secondary N) is 1. The van der Waals surface area contributed by atoms with Crippen LogP contribution < -0.4 is 5.32 Å². The summed E-state index contributed by atoms with van der Waals surface area (Å²) in [5.74, 6) is -1.14. The molecule has 0 unspecified atom stereocenters. The SMILES string of the molecule is Cc1cc(I)ccc1Nc1cc([N+](=O)[O-])ccc1C(=O)O. The predicted octanol–water partition coefficient (Wildman–Crippen LogP) is 3.95. The van der Waals surface area contributed by atoms with Crippen molar-refractivity contribution in [2.45, 2.75) is 6.92 Å². The van der Waals surface area contributed by atoms with E-state index >= 15 is 0 Å². The molecule has 21 heavy (non-hydrogen) atoms. The minimum absolute atomic E-state index is 0.0152. The van der Waals surface area contributed by atoms with Crippen molar-refractivity contribution in [3.05, 3.63) is 61.2 Å². The van der Waals surface area contributed by atoms with Crippen LogP contribution in [0, 0.1) is 20.6 Å². The number of nitro groups is 1. The summed E-state index contributed by atoms with van der Waals surface area (Å²) in [7, 11) is 0. The maximum Gasteiger partial charge on any atom is 0.337 e. The second kappa shape index (κ2) is 6.08. The first kappa shape index (κ1) is 15.2. The van der Waals surface area contributed by atoms with E-state index in [0.717, 1.165) is 9.13 Å². The lowest BCUT2D eigenvalue weighted by Gasteiger charge is -2.12. The fourth-order valence-electron chi connectivity index (χ4n) is 1.85. The summed E-state index contributed by atoms with van der Waals surface area (Å²) in [6, 6.07) is 9.23. The largest absolute Gasteiger partial charge is 0.478 e. The minimum Gasteiger partial charge on any atom is -0.478 e. The van der Waals surface area contributed by atoms with Gasteiger partial charge in [-0.2, -0.15) is 0 Å². The summed E-state index contributed by atoms with van der Waals surface area (Å²) in [6.45, 7) is 1.88. The average molecular weight is 398 g/mol. The molecule has 2 aromatic carbocycles. The normalized spacial score (nSPS) is 10.2. The van der Waals surface area contributed by atoms with Gasteiger partial charge >= 0.3 is 5.97 Å². The molecule has 108 valence electrons. The van der Waals surface area contributed by atoms with Gasteiger partial charge in [-0.25, -0.2) is 4.79 Å². The first-order chi connectivity index (χ1) is 9.88. The van der Waals surface area contributed by atoms with Gasteiger partial charge in [-0.1, -0.05) is 0 Å². The molecule has 2 rings (SSSR count). The molecule has 0 amide bonds. The second-order valence-electron chi connectivity index (χ2n) is 4.38. The molecule has 0 radical (unpaired) electrons. The zero-order valence-electron chi connectivity index (χ0n) is 11.0. The third-order valence-corrected chi connectivity index (χ3v) is 3.57. The predicted molar refractivity (Wildman–Crippen MR) is 87.2 cm³/mol. The molecule has 2 N–H and O–H groups in total. The summed E-state index contributed by atoms with van der Waals surface area (Å²) in [6.07, 6.45) is 0. The van der Waals surface area contributed by atoms with Gasteiger partial charge in [-0.15, -0.1) is 0 Å². The monoisotopic (exact) mass is 398 g/mol. The highest BCUT2D eigenvalue weighted by Gasteiger charge is 2.16. The third kappa shape index (κ3) is 3.48. The lowest BCUT2D eigenvalue weighted by molar-refractivity contribution is -0.384. The van der Waals surface area contributed by atoms with Crippen LogP contribution in [0.1, 0.15) is 15.9 Å². The number of hydrogen-bond acceptors (Lipinski definition) is 4. The molecule has 6 nitrogen and oxygen atoms in total. The van der Waals surface area contributed by atoms with Crippen LogP contribution in [0.5, 0.6) is 0 Å². The number of nitro benzene ring substituents is 1. The van der Waals surface area contributed by atoms with Gasteiger partial charge in [0.25, 0.3) is 5.69 Å². The third-order valence-electron chi connectivity index (χ3n) is 2.90. The summed E-state index contributed by atoms with van der Waals surface area (Å²) in [5.41, 5.74) is 1.65. The number of aryl methyl sites for hydroxylation is 1. The highest BCUT2D eigenvalue weighted by molar-refractivity contribution is 14.1. The van der Waals surface area contributed by atoms with E-state index in [4.69, 9.17) is 0 Å². The zero-order chi connectivity index (χ0) is 15.6. The van der Waals surface area contributed by atoms with E-state index in [1.54, 1.807) is 0 Å². The quantitative estimate of drug-likeness (QED) is 0.462. The lowest BCUT2D eigenvalue weighted by Crippen LogP contribution is -2.04. The summed E-state index contributed by atoms with van der Waals surface area (Å²) < 4.78 is 1.05. The van der Waals surface area contributed by atoms with Crippen molar-refractivity contribution in [2.24, 2.45) is 0 Å². The number of carboxylic acids is 1. The molecule has 0 aliphatic rings. The smallest absolute Gasteiger partial charge is 0.337 e. The Morgan fingerprint density at radius 3 is 2.52 bits per heavy atom. The fraction of sp³-hybridized carbons (Fsp3) is 0.0714. The zero-order valence-corrected chi connectivity index (χ0v) is 13.1. The molecule has 0 aliphatic heterocycles. The standard InChI is InChI=1S/C14H11IN2O4/c1-8-6-9(15)2-5-12(8)16-13-7-10(17(20)21)3-4-11(13)14(18)19/h2-7,16H,1H3,(H,18,19). The molecule has 0 spiro atoms. The van der Waals surface area contributed by atoms with E-state index in [-0.39, 0.29) is 16.9 Å². The number of hydrogen-bond donors (Lipinski definition) is 2. The Morgan fingerprint density at radius 1 is 1.24 bits per heavy atom. The molecule has 0 heterocycles. The number of halogens is 1. The molecule has 0 saturated carbocycles. The van der Waals surface area contributed by atoms with Gasteiger partial charge in [-0.05, 0) is 59.3 Å². The Kier molecular flexibility index (Phi) is 4.41. The number of aromatic carboxylic acids is 1. The van der Waals surface area contributed by atoms with Crippen LogP contribution in [-0.2, 0) is 0 Å². The van der Waals surface area contributed by atoms with Gasteiger partial charge in [0.1, 0.15) is 0 Å². The van der Waals surface area contributed by atoms with Crippen molar-refractivity contribution in [2.75, 3.05) is 5.32 Å². The topological polar surface area (TPSA) is 92.5 Å². The van der Waals surface area contributed by atoms with Gasteiger partial charge in [0, 0.05) is 21.4 Å². The molecule has 7 heteroatoms. The van der Waals surface area contributed by atoms with Gasteiger partial charge in [-0.3, -0.25) is 10.1 Å². The van der Waals surface area contributed by atoms with Crippen molar-refractivity contribution >= 4 is 45.6 Å². The van der Waals surface area contributed by atoms with Crippen LogP contribution in [0.2, 0.25) is 0 Å². The highest BCUT2D eigenvalue weighted by atomic mass is 127. The minimum atomic E-state index is -1.14. The van der Waals surface area contributed by atoms with Crippen LogP contribution in [0.25, 0.3) is 0 Å². The Balaban J connectivity index is 2.48. The average Bonchev–Trinajstić information content (AvgIpc) is 2.41. The number of anilines is 2. The first-order valence-electron chi connectivity index (χ1n) is 5.93. The van der Waals surface area contributed by atoms with Crippen LogP contribution in [0.3, 0.4) is 0 Å². The van der Waals surface area contributed by atoms with Crippen molar-refractivity contribution in [3.8, 4) is 0 Å². The summed E-state index contributed by atoms with van der Waals surface area (Å²) in [4.78, 5) is 21.5. The number of non-ortho nitro benzene ring substituents is 1. The fourth-order valence-corrected chi connectivity index (χ4v) is 2.50. The van der Waals surface area contributed by atoms with Gasteiger partial charge in [0.05, 0.1) is 16.2 Å². The van der Waals surface area contributed by atoms with Crippen LogP contribution in [0.4, 0.5) is 17.1 Å². The second-order valence-corrected chi connectivity index (χ2v) is 5.62. The number of rotatable bonds is 4. The number of carbonyl (C=O) groups is 1. The van der Waals surface area contributed by atoms with Crippen LogP contribution in [-0.4, -0.2) is 16.0 Å². The van der Waals surface area contributed by atoms with Crippen LogP contribution >= 0.6 is 22.6 Å². The lowest BCUT2D eigenvalue weighted by atomic mass is 10.1. The maximum absolute atomic E-state index is 11.2. The van der Waals surface area contributed by atoms with E-state index in [2.05, 4.69) is 27.9 Å². The summed E-state index contributed by atoms with van der Waals surface area (Å²) >= 11 is 2.17. The Morgan fingerprint density at radius 2 is 1.95 bits per heavy atom. The molecular weight excluding hydrogens is 387 g/mol. The van der Waals surface area contributed by atoms with Crippen LogP contribution in [0.15, 0.2) is 36.4 Å². The van der Waals surface area contributed by atoms with Gasteiger partial charge in [0.2, 0.25) is 0 Å². The Hall–Kier alpha value is -2.16. The summed E-state index contributed by atoms with van der Waals surface area (Å²) in [5, 5.41) is 23.0. The first-order valence-corrected chi connectivity index (χ1v) is 7.01. The number of nitrogens with zero attached hydrogens (tertiary/aromatic N) is 1. The van der Waals surface area contributed by atoms with Crippen molar-refractivity contribution in [3.63, 3.8) is 0 Å². The molecule has 0 aliphatic carbocycles. The number of carboxylic acid groups (broad SMARTS) is 1. The molecule has 2 aromatic rings. The van der Waals surface area contributed by atoms with E-state index in [9.17, 15) is 20.0 Å². The molecule has 0 fully saturated rings. The maximum atomic E-state index is 11.2. The van der Waals surface area contributed by atoms with Crippen molar-refractivity contribution in [1.82, 2.24) is 0 Å². The Labute approximate surface area is 134 Å². The number of benzene rings is 2. The molecule has 0 saturated heterocycles. The highest BCUT2D eigenvalue weighted by Crippen LogP contribution is 2.28. The van der Waals surface area contributed by atoms with E-state index in [1.165, 1.54) is 18.2 Å². The van der Waals surface area contributed by atoms with E-state index < -0.39 is 10.9 Å². The van der Waals surface area contributed by atoms with Gasteiger partial charge < -0.3 is 10.4 Å². The van der Waals surface area contributed by atoms with Gasteiger partial charge in [0.15, 0.2) is 0 Å². The molecule has 0 atom stereocenters. The van der Waals surface area contributed by atoms with Crippen molar-refractivity contribution in [1.29, 1.82) is 0 Å². The van der Waals surface area contributed by atoms with E-state index in [0.29, 0.717) is 5.69 Å². The molecule has 0 bridgehead atoms.